The first kappa shape index (κ1) is 19.5. The van der Waals surface area contributed by atoms with Gasteiger partial charge >= 0.3 is 12.0 Å². The van der Waals surface area contributed by atoms with Crippen molar-refractivity contribution in [3.05, 3.63) is 28.8 Å². The van der Waals surface area contributed by atoms with Gasteiger partial charge in [0.15, 0.2) is 6.10 Å². The first-order valence-corrected chi connectivity index (χ1v) is 7.72. The summed E-state index contributed by atoms with van der Waals surface area (Å²) in [7, 11) is 0. The van der Waals surface area contributed by atoms with E-state index >= 15 is 0 Å². The van der Waals surface area contributed by atoms with Crippen LogP contribution in [0.25, 0.3) is 0 Å². The molecule has 0 heterocycles. The van der Waals surface area contributed by atoms with Gasteiger partial charge in [-0.05, 0) is 36.0 Å². The normalized spacial score (nSPS) is 12.1. The monoisotopic (exact) mass is 336 g/mol. The second-order valence-corrected chi connectivity index (χ2v) is 6.22. The zero-order chi connectivity index (χ0) is 18.6. The zero-order valence-corrected chi connectivity index (χ0v) is 14.5. The number of hydrogen-bond acceptors (Lipinski definition) is 5. The summed E-state index contributed by atoms with van der Waals surface area (Å²) in [5, 5.41) is 12.2. The van der Waals surface area contributed by atoms with Crippen molar-refractivity contribution in [2.45, 2.75) is 52.6 Å². The average Bonchev–Trinajstić information content (AvgIpc) is 2.45. The number of imide groups is 1. The lowest BCUT2D eigenvalue weighted by Crippen LogP contribution is -2.42. The molecule has 0 saturated carbocycles. The van der Waals surface area contributed by atoms with Crippen molar-refractivity contribution in [1.82, 2.24) is 5.32 Å². The Morgan fingerprint density at radius 3 is 2.12 bits per heavy atom. The van der Waals surface area contributed by atoms with Crippen LogP contribution >= 0.6 is 0 Å². The van der Waals surface area contributed by atoms with Gasteiger partial charge < -0.3 is 15.6 Å². The van der Waals surface area contributed by atoms with Crippen LogP contribution in [0.1, 0.15) is 67.9 Å². The van der Waals surface area contributed by atoms with Crippen LogP contribution < -0.4 is 11.1 Å². The maximum atomic E-state index is 12.3. The van der Waals surface area contributed by atoms with E-state index in [1.54, 1.807) is 6.07 Å². The van der Waals surface area contributed by atoms with Crippen LogP contribution in [-0.4, -0.2) is 29.1 Å². The predicted octanol–water partition coefficient (Wildman–Crippen LogP) is 2.38. The van der Waals surface area contributed by atoms with Gasteiger partial charge in [-0.2, -0.15) is 0 Å². The quantitative estimate of drug-likeness (QED) is 0.713. The van der Waals surface area contributed by atoms with E-state index in [1.807, 2.05) is 39.1 Å². The minimum atomic E-state index is -1.23. The Kier molecular flexibility index (Phi) is 6.34. The molecule has 0 radical (unpaired) electrons. The van der Waals surface area contributed by atoms with Crippen molar-refractivity contribution in [2.75, 3.05) is 0 Å². The van der Waals surface area contributed by atoms with Gasteiger partial charge in [0.25, 0.3) is 5.91 Å². The van der Waals surface area contributed by atoms with E-state index in [0.717, 1.165) is 5.56 Å². The number of aromatic hydroxyl groups is 1. The number of urea groups is 1. The zero-order valence-electron chi connectivity index (χ0n) is 14.5. The van der Waals surface area contributed by atoms with E-state index in [2.05, 4.69) is 0 Å². The molecule has 7 nitrogen and oxygen atoms in total. The lowest BCUT2D eigenvalue weighted by atomic mass is 9.92. The molecule has 0 aliphatic rings. The minimum absolute atomic E-state index is 0.00540. The van der Waals surface area contributed by atoms with Crippen molar-refractivity contribution < 1.29 is 24.2 Å². The summed E-state index contributed by atoms with van der Waals surface area (Å²) in [5.41, 5.74) is 6.34. The molecule has 0 aromatic heterocycles. The third kappa shape index (κ3) is 4.71. The van der Waals surface area contributed by atoms with Crippen molar-refractivity contribution in [3.8, 4) is 5.75 Å². The molecule has 132 valence electrons. The van der Waals surface area contributed by atoms with Gasteiger partial charge in [-0.1, -0.05) is 33.8 Å². The molecule has 0 unspecified atom stereocenters. The number of rotatable bonds is 5. The molecule has 1 aromatic rings. The highest BCUT2D eigenvalue weighted by molar-refractivity contribution is 5.99. The Balaban J connectivity index is 3.13. The fraction of sp³-hybridized carbons (Fsp3) is 0.471. The van der Waals surface area contributed by atoms with Crippen LogP contribution in [0.4, 0.5) is 4.79 Å². The van der Waals surface area contributed by atoms with E-state index < -0.39 is 24.0 Å². The molecule has 0 aliphatic carbocycles. The first-order chi connectivity index (χ1) is 11.0. The SMILES string of the molecule is CC(C)c1cc(C(=O)O[C@@H](C)C(=O)NC(N)=O)c(O)c(C(C)C)c1. The average molecular weight is 336 g/mol. The minimum Gasteiger partial charge on any atom is -0.507 e. The van der Waals surface area contributed by atoms with Crippen LogP contribution in [0, 0.1) is 0 Å². The summed E-state index contributed by atoms with van der Waals surface area (Å²) in [6.45, 7) is 9.04. The molecule has 0 aliphatic heterocycles. The van der Waals surface area contributed by atoms with Crippen LogP contribution in [0.15, 0.2) is 12.1 Å². The lowest BCUT2D eigenvalue weighted by Gasteiger charge is -2.18. The van der Waals surface area contributed by atoms with Gasteiger partial charge in [0, 0.05) is 0 Å². The maximum absolute atomic E-state index is 12.3. The predicted molar refractivity (Wildman–Crippen MR) is 88.9 cm³/mol. The molecule has 7 heteroatoms. The first-order valence-electron chi connectivity index (χ1n) is 7.72. The molecule has 3 amide bonds. The second-order valence-electron chi connectivity index (χ2n) is 6.22. The van der Waals surface area contributed by atoms with Crippen molar-refractivity contribution in [1.29, 1.82) is 0 Å². The molecule has 0 bridgehead atoms. The fourth-order valence-electron chi connectivity index (χ4n) is 2.11. The number of carbonyl (C=O) groups is 3. The fourth-order valence-corrected chi connectivity index (χ4v) is 2.11. The Hall–Kier alpha value is -2.57. The Bertz CT molecular complexity index is 653. The second kappa shape index (κ2) is 7.81. The van der Waals surface area contributed by atoms with E-state index in [0.29, 0.717) is 5.56 Å². The standard InChI is InChI=1S/C17H24N2O5/c1-8(2)11-6-12(9(3)4)14(20)13(7-11)16(22)24-10(5)15(21)19-17(18)23/h6-10,20H,1-5H3,(H3,18,19,21,23)/t10-/m0/s1. The highest BCUT2D eigenvalue weighted by atomic mass is 16.5. The molecule has 24 heavy (non-hydrogen) atoms. The van der Waals surface area contributed by atoms with Crippen LogP contribution in [0.3, 0.4) is 0 Å². The summed E-state index contributed by atoms with van der Waals surface area (Å²) in [6, 6.07) is 2.37. The number of phenolic OH excluding ortho intramolecular Hbond substituents is 1. The topological polar surface area (TPSA) is 119 Å². The van der Waals surface area contributed by atoms with E-state index in [9.17, 15) is 19.5 Å². The Labute approximate surface area is 141 Å². The third-order valence-corrected chi connectivity index (χ3v) is 3.57. The molecule has 1 atom stereocenters. The van der Waals surface area contributed by atoms with Gasteiger partial charge in [0.2, 0.25) is 0 Å². The molecule has 1 aromatic carbocycles. The van der Waals surface area contributed by atoms with Crippen LogP contribution in [-0.2, 0) is 9.53 Å². The lowest BCUT2D eigenvalue weighted by molar-refractivity contribution is -0.127. The molecule has 0 fully saturated rings. The number of phenols is 1. The number of ether oxygens (including phenoxy) is 1. The van der Waals surface area contributed by atoms with Gasteiger partial charge in [-0.3, -0.25) is 10.1 Å². The van der Waals surface area contributed by atoms with Gasteiger partial charge in [-0.15, -0.1) is 0 Å². The van der Waals surface area contributed by atoms with Gasteiger partial charge in [0.1, 0.15) is 11.3 Å². The van der Waals surface area contributed by atoms with E-state index in [1.165, 1.54) is 6.92 Å². The summed E-state index contributed by atoms with van der Waals surface area (Å²) in [5.74, 6) is -1.69. The summed E-state index contributed by atoms with van der Waals surface area (Å²) >= 11 is 0. The molecule has 0 saturated heterocycles. The van der Waals surface area contributed by atoms with Crippen LogP contribution in [0.2, 0.25) is 0 Å². The number of benzene rings is 1. The molecule has 1 rings (SSSR count). The number of primary amides is 1. The van der Waals surface area contributed by atoms with Gasteiger partial charge in [0.05, 0.1) is 0 Å². The summed E-state index contributed by atoms with van der Waals surface area (Å²) in [4.78, 5) is 34.6. The largest absolute Gasteiger partial charge is 0.507 e. The highest BCUT2D eigenvalue weighted by Gasteiger charge is 2.24. The van der Waals surface area contributed by atoms with Crippen molar-refractivity contribution >= 4 is 17.9 Å². The number of esters is 1. The van der Waals surface area contributed by atoms with Gasteiger partial charge in [-0.25, -0.2) is 9.59 Å². The van der Waals surface area contributed by atoms with E-state index in [4.69, 9.17) is 10.5 Å². The number of hydrogen-bond donors (Lipinski definition) is 3. The van der Waals surface area contributed by atoms with Crippen molar-refractivity contribution in [2.24, 2.45) is 5.73 Å². The molecule has 4 N–H and O–H groups in total. The van der Waals surface area contributed by atoms with Crippen molar-refractivity contribution in [3.63, 3.8) is 0 Å². The number of nitrogens with two attached hydrogens (primary N) is 1. The van der Waals surface area contributed by atoms with E-state index in [-0.39, 0.29) is 23.1 Å². The Morgan fingerprint density at radius 1 is 1.08 bits per heavy atom. The molecular weight excluding hydrogens is 312 g/mol. The molecular formula is C17H24N2O5. The smallest absolute Gasteiger partial charge is 0.342 e. The summed E-state index contributed by atoms with van der Waals surface area (Å²) in [6.07, 6.45) is -1.23. The number of carbonyl (C=O) groups excluding carboxylic acids is 3. The highest BCUT2D eigenvalue weighted by Crippen LogP contribution is 2.33. The molecule has 0 spiro atoms. The Morgan fingerprint density at radius 2 is 1.67 bits per heavy atom. The third-order valence-electron chi connectivity index (χ3n) is 3.57. The number of nitrogens with one attached hydrogen (secondary N) is 1. The van der Waals surface area contributed by atoms with Crippen LogP contribution in [0.5, 0.6) is 5.75 Å². The summed E-state index contributed by atoms with van der Waals surface area (Å²) < 4.78 is 5.03. The maximum Gasteiger partial charge on any atom is 0.342 e. The number of amides is 3.